The predicted molar refractivity (Wildman–Crippen MR) is 195 cm³/mol. The van der Waals surface area contributed by atoms with Crippen molar-refractivity contribution >= 4 is 43.5 Å². The zero-order chi connectivity index (χ0) is 31.7. The molecule has 0 amide bonds. The molecule has 4 heteroatoms. The summed E-state index contributed by atoms with van der Waals surface area (Å²) >= 11 is 0. The van der Waals surface area contributed by atoms with Crippen LogP contribution in [-0.4, -0.2) is 16.6 Å². The van der Waals surface area contributed by atoms with Crippen LogP contribution in [0.4, 0.5) is 0 Å². The Morgan fingerprint density at radius 2 is 0.778 bits per heavy atom. The number of fused-ring (bicyclic) bond motifs is 1. The highest BCUT2D eigenvalue weighted by Gasteiger charge is 2.54. The second-order valence-corrected chi connectivity index (χ2v) is 22.4. The molecule has 0 aromatic heterocycles. The molecule has 1 radical (unpaired) electrons. The average molecular weight is 624 g/mol. The molecule has 6 rings (SSSR count). The zero-order valence-corrected chi connectivity index (χ0v) is 29.3. The Bertz CT molecular complexity index is 1670. The van der Waals surface area contributed by atoms with E-state index in [9.17, 15) is 0 Å². The van der Waals surface area contributed by atoms with Crippen molar-refractivity contribution < 1.29 is 8.85 Å². The van der Waals surface area contributed by atoms with E-state index in [1.165, 1.54) is 20.7 Å². The predicted octanol–water partition coefficient (Wildman–Crippen LogP) is 8.11. The first-order chi connectivity index (χ1) is 21.6. The lowest BCUT2D eigenvalue weighted by Crippen LogP contribution is -2.69. The SMILES string of the molecule is CC(C)(C)[Si](O[C]1C=Cc2cccc(O[Si](c3ccccc3)(c3ccccc3)C(C)(C)C)c21)(c1ccccc1)c1ccccc1. The molecule has 1 aliphatic rings. The fraction of sp³-hybridized carbons (Fsp3) is 0.195. The summed E-state index contributed by atoms with van der Waals surface area (Å²) in [6, 6.07) is 49.8. The topological polar surface area (TPSA) is 18.5 Å². The van der Waals surface area contributed by atoms with Gasteiger partial charge in [-0.2, -0.15) is 0 Å². The van der Waals surface area contributed by atoms with E-state index in [4.69, 9.17) is 8.85 Å². The first kappa shape index (κ1) is 31.0. The summed E-state index contributed by atoms with van der Waals surface area (Å²) in [4.78, 5) is 0. The van der Waals surface area contributed by atoms with Crippen LogP contribution >= 0.6 is 0 Å². The van der Waals surface area contributed by atoms with Crippen molar-refractivity contribution in [3.8, 4) is 5.75 Å². The monoisotopic (exact) mass is 623 g/mol. The van der Waals surface area contributed by atoms with Gasteiger partial charge < -0.3 is 8.85 Å². The normalized spacial score (nSPS) is 13.9. The molecule has 0 aliphatic heterocycles. The van der Waals surface area contributed by atoms with E-state index in [-0.39, 0.29) is 10.1 Å². The number of benzene rings is 5. The Kier molecular flexibility index (Phi) is 8.34. The van der Waals surface area contributed by atoms with Crippen molar-refractivity contribution in [3.63, 3.8) is 0 Å². The van der Waals surface area contributed by atoms with Gasteiger partial charge in [0.15, 0.2) is 0 Å². The van der Waals surface area contributed by atoms with Gasteiger partial charge >= 0.3 is 8.32 Å². The molecule has 1 aliphatic carbocycles. The second-order valence-electron chi connectivity index (χ2n) is 13.9. The van der Waals surface area contributed by atoms with Crippen molar-refractivity contribution in [2.75, 3.05) is 0 Å². The van der Waals surface area contributed by atoms with Crippen molar-refractivity contribution in [3.05, 3.63) is 163 Å². The Morgan fingerprint density at radius 3 is 1.16 bits per heavy atom. The van der Waals surface area contributed by atoms with Crippen LogP contribution in [0.25, 0.3) is 6.08 Å². The van der Waals surface area contributed by atoms with Crippen LogP contribution < -0.4 is 25.2 Å². The van der Waals surface area contributed by atoms with Crippen LogP contribution in [0.5, 0.6) is 5.75 Å². The molecule has 227 valence electrons. The Morgan fingerprint density at radius 1 is 0.400 bits per heavy atom. The molecule has 0 N–H and O–H groups in total. The smallest absolute Gasteiger partial charge is 0.319 e. The van der Waals surface area contributed by atoms with E-state index in [2.05, 4.69) is 193 Å². The standard InChI is InChI=1S/C41H43O2Si2/c1-40(2,3)44(33-21-11-7-12-22-33,34-23-13-8-14-24-34)42-37-29-19-20-32-30-31-38(39(32)37)43-45(41(4,5)6,35-25-15-9-16-26-35)36-27-17-10-18-28-36/h7-31H,1-6H3. The largest absolute Gasteiger partial charge is 0.534 e. The van der Waals surface area contributed by atoms with E-state index < -0.39 is 16.6 Å². The first-order valence-corrected chi connectivity index (χ1v) is 19.7. The lowest BCUT2D eigenvalue weighted by molar-refractivity contribution is 0.354. The van der Waals surface area contributed by atoms with Crippen LogP contribution in [0, 0.1) is 6.10 Å². The highest BCUT2D eigenvalue weighted by atomic mass is 28.4. The van der Waals surface area contributed by atoms with Crippen LogP contribution in [0.2, 0.25) is 10.1 Å². The van der Waals surface area contributed by atoms with E-state index >= 15 is 0 Å². The highest BCUT2D eigenvalue weighted by molar-refractivity contribution is 7.00. The summed E-state index contributed by atoms with van der Waals surface area (Å²) in [7, 11) is -5.73. The van der Waals surface area contributed by atoms with Gasteiger partial charge in [0.05, 0.1) is 0 Å². The minimum atomic E-state index is -2.87. The average Bonchev–Trinajstić information content (AvgIpc) is 3.46. The quantitative estimate of drug-likeness (QED) is 0.163. The van der Waals surface area contributed by atoms with E-state index in [0.717, 1.165) is 23.0 Å². The third-order valence-electron chi connectivity index (χ3n) is 9.08. The Balaban J connectivity index is 1.54. The lowest BCUT2D eigenvalue weighted by Gasteiger charge is -2.45. The zero-order valence-electron chi connectivity index (χ0n) is 27.3. The molecule has 0 heterocycles. The molecule has 5 aromatic rings. The van der Waals surface area contributed by atoms with Gasteiger partial charge in [0.2, 0.25) is 0 Å². The van der Waals surface area contributed by atoms with Gasteiger partial charge in [0, 0.05) is 5.56 Å². The van der Waals surface area contributed by atoms with Gasteiger partial charge in [0.25, 0.3) is 8.32 Å². The minimum absolute atomic E-state index is 0.160. The van der Waals surface area contributed by atoms with Crippen LogP contribution in [-0.2, 0) is 4.43 Å². The van der Waals surface area contributed by atoms with Gasteiger partial charge in [-0.15, -0.1) is 0 Å². The van der Waals surface area contributed by atoms with Gasteiger partial charge in [-0.05, 0) is 48.5 Å². The van der Waals surface area contributed by atoms with Crippen molar-refractivity contribution in [2.45, 2.75) is 51.6 Å². The summed E-state index contributed by atoms with van der Waals surface area (Å²) in [6.45, 7) is 13.9. The Hall–Kier alpha value is -3.97. The summed E-state index contributed by atoms with van der Waals surface area (Å²) in [5, 5.41) is 4.69. The maximum Gasteiger partial charge on any atom is 0.319 e. The minimum Gasteiger partial charge on any atom is -0.534 e. The van der Waals surface area contributed by atoms with Crippen molar-refractivity contribution in [2.24, 2.45) is 0 Å². The van der Waals surface area contributed by atoms with Gasteiger partial charge in [-0.1, -0.05) is 181 Å². The maximum atomic E-state index is 7.64. The molecule has 0 unspecified atom stereocenters. The third kappa shape index (κ3) is 5.46. The summed E-state index contributed by atoms with van der Waals surface area (Å²) in [5.41, 5.74) is 2.16. The molecule has 2 nitrogen and oxygen atoms in total. The van der Waals surface area contributed by atoms with Crippen molar-refractivity contribution in [1.29, 1.82) is 0 Å². The summed E-state index contributed by atoms with van der Waals surface area (Å²) in [5.74, 6) is 0.875. The number of hydrogen-bond donors (Lipinski definition) is 0. The molecule has 5 aromatic carbocycles. The molecule has 0 fully saturated rings. The van der Waals surface area contributed by atoms with E-state index in [1.807, 2.05) is 0 Å². The third-order valence-corrected chi connectivity index (χ3v) is 18.9. The van der Waals surface area contributed by atoms with Crippen LogP contribution in [0.15, 0.2) is 146 Å². The fourth-order valence-electron chi connectivity index (χ4n) is 7.00. The number of hydrogen-bond acceptors (Lipinski definition) is 2. The van der Waals surface area contributed by atoms with Gasteiger partial charge in [0.1, 0.15) is 11.9 Å². The molecular formula is C41H43O2Si2. The van der Waals surface area contributed by atoms with Gasteiger partial charge in [-0.3, -0.25) is 0 Å². The molecule has 0 saturated heterocycles. The van der Waals surface area contributed by atoms with Crippen LogP contribution in [0.3, 0.4) is 0 Å². The van der Waals surface area contributed by atoms with Crippen LogP contribution in [0.1, 0.15) is 52.7 Å². The molecule has 45 heavy (non-hydrogen) atoms. The summed E-state index contributed by atoms with van der Waals surface area (Å²) < 4.78 is 15.3. The van der Waals surface area contributed by atoms with Crippen molar-refractivity contribution in [1.82, 2.24) is 0 Å². The maximum absolute atomic E-state index is 7.64. The number of rotatable bonds is 8. The summed E-state index contributed by atoms with van der Waals surface area (Å²) in [6.07, 6.45) is 5.22. The molecule has 0 spiro atoms. The second kappa shape index (κ2) is 12.1. The van der Waals surface area contributed by atoms with Gasteiger partial charge in [-0.25, -0.2) is 0 Å². The molecule has 0 atom stereocenters. The lowest BCUT2D eigenvalue weighted by atomic mass is 10.1. The highest BCUT2D eigenvalue weighted by Crippen LogP contribution is 2.46. The van der Waals surface area contributed by atoms with E-state index in [0.29, 0.717) is 0 Å². The first-order valence-electron chi connectivity index (χ1n) is 15.9. The molecule has 0 saturated carbocycles. The Labute approximate surface area is 271 Å². The molecular weight excluding hydrogens is 581 g/mol. The molecule has 0 bridgehead atoms. The van der Waals surface area contributed by atoms with E-state index in [1.54, 1.807) is 0 Å². The fourth-order valence-corrected chi connectivity index (χ4v) is 15.9.